The molecule has 0 saturated carbocycles. The van der Waals surface area contributed by atoms with E-state index in [0.717, 1.165) is 11.4 Å². The Kier molecular flexibility index (Phi) is 2.65. The minimum absolute atomic E-state index is 0.408. The molecular formula is C10H10N2S2. The van der Waals surface area contributed by atoms with E-state index in [1.165, 1.54) is 0 Å². The summed E-state index contributed by atoms with van der Waals surface area (Å²) in [6, 6.07) is 5.77. The fourth-order valence-electron chi connectivity index (χ4n) is 1.29. The van der Waals surface area contributed by atoms with Crippen LogP contribution < -0.4 is 0 Å². The van der Waals surface area contributed by atoms with Crippen LogP contribution in [0.3, 0.4) is 0 Å². The second-order valence-electron chi connectivity index (χ2n) is 3.16. The Hall–Kier alpha value is -0.740. The first-order chi connectivity index (χ1) is 6.67. The van der Waals surface area contributed by atoms with E-state index in [2.05, 4.69) is 35.2 Å². The highest BCUT2D eigenvalue weighted by Crippen LogP contribution is 2.30. The largest absolute Gasteiger partial charge is 0.259 e. The van der Waals surface area contributed by atoms with Crippen molar-refractivity contribution < 1.29 is 0 Å². The summed E-state index contributed by atoms with van der Waals surface area (Å²) < 4.78 is -0.408. The third-order valence-corrected chi connectivity index (χ3v) is 2.57. The van der Waals surface area contributed by atoms with Gasteiger partial charge in [-0.25, -0.2) is 0 Å². The van der Waals surface area contributed by atoms with E-state index < -0.39 is 4.08 Å². The lowest BCUT2D eigenvalue weighted by atomic mass is 10.1. The molecular weight excluding hydrogens is 212 g/mol. The third-order valence-electron chi connectivity index (χ3n) is 1.96. The third kappa shape index (κ3) is 2.19. The highest BCUT2D eigenvalue weighted by atomic mass is 32.2. The number of rotatable bonds is 1. The summed E-state index contributed by atoms with van der Waals surface area (Å²) in [6.45, 7) is 0. The maximum absolute atomic E-state index is 4.40. The highest BCUT2D eigenvalue weighted by Gasteiger charge is 2.23. The standard InChI is InChI=1S/C10H10N2S2/c13-10(14)4-6-12-9(7-10)8-3-1-2-5-11-8/h1-6,13-14H,7H2. The molecule has 2 nitrogen and oxygen atoms in total. The van der Waals surface area contributed by atoms with Crippen LogP contribution in [0.2, 0.25) is 0 Å². The summed E-state index contributed by atoms with van der Waals surface area (Å²) >= 11 is 8.79. The van der Waals surface area contributed by atoms with Gasteiger partial charge in [-0.1, -0.05) is 6.07 Å². The summed E-state index contributed by atoms with van der Waals surface area (Å²) in [6.07, 6.45) is 6.04. The summed E-state index contributed by atoms with van der Waals surface area (Å²) in [4.78, 5) is 8.51. The molecule has 0 amide bonds. The molecule has 0 spiro atoms. The predicted octanol–water partition coefficient (Wildman–Crippen LogP) is 2.34. The predicted molar refractivity (Wildman–Crippen MR) is 65.2 cm³/mol. The van der Waals surface area contributed by atoms with Gasteiger partial charge in [-0.2, -0.15) is 25.3 Å². The van der Waals surface area contributed by atoms with Crippen molar-refractivity contribution in [1.29, 1.82) is 0 Å². The van der Waals surface area contributed by atoms with Crippen molar-refractivity contribution in [2.24, 2.45) is 4.99 Å². The van der Waals surface area contributed by atoms with Crippen molar-refractivity contribution in [2.75, 3.05) is 0 Å². The molecule has 1 aliphatic heterocycles. The van der Waals surface area contributed by atoms with E-state index in [-0.39, 0.29) is 0 Å². The van der Waals surface area contributed by atoms with E-state index in [1.54, 1.807) is 12.4 Å². The minimum atomic E-state index is -0.408. The highest BCUT2D eigenvalue weighted by molar-refractivity contribution is 8.00. The van der Waals surface area contributed by atoms with E-state index in [4.69, 9.17) is 0 Å². The summed E-state index contributed by atoms with van der Waals surface area (Å²) in [5, 5.41) is 0. The van der Waals surface area contributed by atoms with Crippen molar-refractivity contribution in [2.45, 2.75) is 10.5 Å². The number of pyridine rings is 1. The number of hydrogen-bond donors (Lipinski definition) is 2. The molecule has 72 valence electrons. The van der Waals surface area contributed by atoms with Crippen LogP contribution in [0.4, 0.5) is 0 Å². The lowest BCUT2D eigenvalue weighted by Crippen LogP contribution is -2.20. The molecule has 1 aromatic rings. The van der Waals surface area contributed by atoms with Gasteiger partial charge in [0.2, 0.25) is 0 Å². The fourth-order valence-corrected chi connectivity index (χ4v) is 1.72. The monoisotopic (exact) mass is 222 g/mol. The second-order valence-corrected chi connectivity index (χ2v) is 5.11. The van der Waals surface area contributed by atoms with E-state index in [0.29, 0.717) is 6.42 Å². The van der Waals surface area contributed by atoms with Gasteiger partial charge >= 0.3 is 0 Å². The molecule has 0 aliphatic carbocycles. The summed E-state index contributed by atoms with van der Waals surface area (Å²) in [7, 11) is 0. The van der Waals surface area contributed by atoms with Gasteiger partial charge in [-0.15, -0.1) is 0 Å². The Labute approximate surface area is 94.0 Å². The van der Waals surface area contributed by atoms with Crippen molar-refractivity contribution in [1.82, 2.24) is 4.98 Å². The molecule has 0 N–H and O–H groups in total. The molecule has 1 aliphatic rings. The Morgan fingerprint density at radius 2 is 2.14 bits per heavy atom. The van der Waals surface area contributed by atoms with Gasteiger partial charge < -0.3 is 0 Å². The van der Waals surface area contributed by atoms with Gasteiger partial charge in [0, 0.05) is 18.8 Å². The van der Waals surface area contributed by atoms with Crippen LogP contribution in [0.15, 0.2) is 41.7 Å². The molecule has 0 saturated heterocycles. The number of hydrogen-bond acceptors (Lipinski definition) is 4. The minimum Gasteiger partial charge on any atom is -0.259 e. The van der Waals surface area contributed by atoms with Gasteiger partial charge in [-0.3, -0.25) is 9.98 Å². The molecule has 1 aromatic heterocycles. The maximum atomic E-state index is 4.40. The zero-order chi connectivity index (χ0) is 10.0. The maximum Gasteiger partial charge on any atom is 0.0845 e. The number of thiol groups is 2. The van der Waals surface area contributed by atoms with Crippen LogP contribution in [0, 0.1) is 0 Å². The number of aromatic nitrogens is 1. The molecule has 0 atom stereocenters. The first-order valence-electron chi connectivity index (χ1n) is 4.28. The zero-order valence-corrected chi connectivity index (χ0v) is 9.25. The van der Waals surface area contributed by atoms with Crippen molar-refractivity contribution in [3.8, 4) is 0 Å². The van der Waals surface area contributed by atoms with Crippen molar-refractivity contribution in [3.63, 3.8) is 0 Å². The second kappa shape index (κ2) is 3.79. The lowest BCUT2D eigenvalue weighted by Gasteiger charge is -2.21. The van der Waals surface area contributed by atoms with Crippen LogP contribution in [-0.2, 0) is 0 Å². The fraction of sp³-hybridized carbons (Fsp3) is 0.200. The first-order valence-corrected chi connectivity index (χ1v) is 5.17. The van der Waals surface area contributed by atoms with Crippen LogP contribution in [0.5, 0.6) is 0 Å². The summed E-state index contributed by atoms with van der Waals surface area (Å²) in [5.41, 5.74) is 1.82. The molecule has 0 bridgehead atoms. The van der Waals surface area contributed by atoms with Crippen molar-refractivity contribution in [3.05, 3.63) is 42.4 Å². The average Bonchev–Trinajstić information content (AvgIpc) is 2.18. The molecule has 0 radical (unpaired) electrons. The topological polar surface area (TPSA) is 25.2 Å². The molecule has 0 fully saturated rings. The normalized spacial score (nSPS) is 19.1. The molecule has 14 heavy (non-hydrogen) atoms. The quantitative estimate of drug-likeness (QED) is 0.553. The van der Waals surface area contributed by atoms with Crippen LogP contribution >= 0.6 is 25.3 Å². The van der Waals surface area contributed by atoms with E-state index in [9.17, 15) is 0 Å². The van der Waals surface area contributed by atoms with Crippen LogP contribution in [0.25, 0.3) is 0 Å². The van der Waals surface area contributed by atoms with Crippen LogP contribution in [-0.4, -0.2) is 14.8 Å². The van der Waals surface area contributed by atoms with Crippen LogP contribution in [0.1, 0.15) is 12.1 Å². The molecule has 4 heteroatoms. The van der Waals surface area contributed by atoms with E-state index in [1.807, 2.05) is 24.3 Å². The number of nitrogens with zero attached hydrogens (tertiary/aromatic N) is 2. The average molecular weight is 222 g/mol. The Morgan fingerprint density at radius 1 is 1.29 bits per heavy atom. The molecule has 0 unspecified atom stereocenters. The Bertz CT molecular complexity index is 382. The van der Waals surface area contributed by atoms with Crippen molar-refractivity contribution >= 4 is 31.0 Å². The molecule has 2 rings (SSSR count). The molecule has 2 heterocycles. The summed E-state index contributed by atoms with van der Waals surface area (Å²) in [5.74, 6) is 0. The zero-order valence-electron chi connectivity index (χ0n) is 7.46. The lowest BCUT2D eigenvalue weighted by molar-refractivity contribution is 1.02. The SMILES string of the molecule is SC1(S)C=CN=C(c2ccccn2)C1. The van der Waals surface area contributed by atoms with E-state index >= 15 is 0 Å². The van der Waals surface area contributed by atoms with Gasteiger partial charge in [0.05, 0.1) is 15.5 Å². The first kappa shape index (κ1) is 9.80. The van der Waals surface area contributed by atoms with Gasteiger partial charge in [0.15, 0.2) is 0 Å². The number of aliphatic imine (C=N–C) groups is 1. The van der Waals surface area contributed by atoms with Gasteiger partial charge in [-0.05, 0) is 18.2 Å². The Balaban J connectivity index is 2.30. The van der Waals surface area contributed by atoms with Gasteiger partial charge in [0.25, 0.3) is 0 Å². The smallest absolute Gasteiger partial charge is 0.0845 e. The van der Waals surface area contributed by atoms with Gasteiger partial charge in [0.1, 0.15) is 0 Å². The Morgan fingerprint density at radius 3 is 2.79 bits per heavy atom. The molecule has 0 aromatic carbocycles.